The van der Waals surface area contributed by atoms with Crippen LogP contribution in [0.15, 0.2) is 24.3 Å². The van der Waals surface area contributed by atoms with Crippen LogP contribution in [0.3, 0.4) is 0 Å². The van der Waals surface area contributed by atoms with E-state index in [0.29, 0.717) is 25.1 Å². The van der Waals surface area contributed by atoms with Gasteiger partial charge in [-0.05, 0) is 65.5 Å². The SMILES string of the molecule is CC(C)N(Cc1ccccc1C#N)C(=O)C1CCCCN1C(=O)OC(C)(C)C. The Morgan fingerprint density at radius 2 is 1.96 bits per heavy atom. The molecule has 0 aromatic heterocycles. The average Bonchev–Trinajstić information content (AvgIpc) is 2.64. The summed E-state index contributed by atoms with van der Waals surface area (Å²) < 4.78 is 5.53. The van der Waals surface area contributed by atoms with E-state index in [4.69, 9.17) is 4.74 Å². The second-order valence-electron chi connectivity index (χ2n) is 8.51. The Morgan fingerprint density at radius 3 is 2.57 bits per heavy atom. The van der Waals surface area contributed by atoms with Crippen LogP contribution < -0.4 is 0 Å². The summed E-state index contributed by atoms with van der Waals surface area (Å²) in [5, 5.41) is 9.36. The Labute approximate surface area is 168 Å². The summed E-state index contributed by atoms with van der Waals surface area (Å²) in [6.07, 6.45) is 1.95. The van der Waals surface area contributed by atoms with E-state index < -0.39 is 17.7 Å². The van der Waals surface area contributed by atoms with Crippen LogP contribution >= 0.6 is 0 Å². The van der Waals surface area contributed by atoms with Gasteiger partial charge in [0, 0.05) is 19.1 Å². The molecule has 152 valence electrons. The average molecular weight is 386 g/mol. The van der Waals surface area contributed by atoms with Crippen LogP contribution in [0.2, 0.25) is 0 Å². The normalized spacial score (nSPS) is 17.2. The lowest BCUT2D eigenvalue weighted by molar-refractivity contribution is -0.140. The number of carbonyl (C=O) groups excluding carboxylic acids is 2. The van der Waals surface area contributed by atoms with Gasteiger partial charge in [0.1, 0.15) is 11.6 Å². The van der Waals surface area contributed by atoms with E-state index >= 15 is 0 Å². The smallest absolute Gasteiger partial charge is 0.410 e. The molecular weight excluding hydrogens is 354 g/mol. The number of amides is 2. The van der Waals surface area contributed by atoms with Crippen molar-refractivity contribution in [2.75, 3.05) is 6.54 Å². The van der Waals surface area contributed by atoms with Gasteiger partial charge in [-0.2, -0.15) is 5.26 Å². The van der Waals surface area contributed by atoms with Gasteiger partial charge < -0.3 is 9.64 Å². The maximum atomic E-state index is 13.4. The molecule has 2 rings (SSSR count). The lowest BCUT2D eigenvalue weighted by Crippen LogP contribution is -2.55. The Bertz CT molecular complexity index is 746. The lowest BCUT2D eigenvalue weighted by atomic mass is 10.00. The molecule has 0 aliphatic carbocycles. The first-order valence-corrected chi connectivity index (χ1v) is 9.92. The molecule has 6 heteroatoms. The highest BCUT2D eigenvalue weighted by Crippen LogP contribution is 2.24. The van der Waals surface area contributed by atoms with Crippen molar-refractivity contribution in [1.82, 2.24) is 9.80 Å². The molecule has 0 bridgehead atoms. The monoisotopic (exact) mass is 385 g/mol. The third-order valence-corrected chi connectivity index (χ3v) is 4.80. The Hall–Kier alpha value is -2.55. The largest absolute Gasteiger partial charge is 0.444 e. The predicted molar refractivity (Wildman–Crippen MR) is 107 cm³/mol. The van der Waals surface area contributed by atoms with Crippen LogP contribution in [-0.2, 0) is 16.1 Å². The molecule has 1 aliphatic rings. The number of nitriles is 1. The Kier molecular flexibility index (Phi) is 7.06. The summed E-state index contributed by atoms with van der Waals surface area (Å²) in [5.74, 6) is -0.0895. The van der Waals surface area contributed by atoms with Crippen LogP contribution in [0, 0.1) is 11.3 Å². The number of benzene rings is 1. The van der Waals surface area contributed by atoms with Gasteiger partial charge in [0.2, 0.25) is 5.91 Å². The van der Waals surface area contributed by atoms with E-state index in [9.17, 15) is 14.9 Å². The van der Waals surface area contributed by atoms with Crippen molar-refractivity contribution in [3.05, 3.63) is 35.4 Å². The van der Waals surface area contributed by atoms with Gasteiger partial charge in [-0.1, -0.05) is 18.2 Å². The molecular formula is C22H31N3O3. The van der Waals surface area contributed by atoms with E-state index in [0.717, 1.165) is 18.4 Å². The molecule has 0 N–H and O–H groups in total. The van der Waals surface area contributed by atoms with Gasteiger partial charge >= 0.3 is 6.09 Å². The van der Waals surface area contributed by atoms with E-state index in [1.165, 1.54) is 0 Å². The van der Waals surface area contributed by atoms with Crippen molar-refractivity contribution in [1.29, 1.82) is 5.26 Å². The number of likely N-dealkylation sites (tertiary alicyclic amines) is 1. The summed E-state index contributed by atoms with van der Waals surface area (Å²) in [7, 11) is 0. The molecule has 1 aromatic carbocycles. The maximum Gasteiger partial charge on any atom is 0.410 e. The third kappa shape index (κ3) is 5.48. The van der Waals surface area contributed by atoms with E-state index in [-0.39, 0.29) is 11.9 Å². The number of nitrogens with zero attached hydrogens (tertiary/aromatic N) is 3. The fraction of sp³-hybridized carbons (Fsp3) is 0.591. The third-order valence-electron chi connectivity index (χ3n) is 4.80. The topological polar surface area (TPSA) is 73.6 Å². The van der Waals surface area contributed by atoms with Gasteiger partial charge in [-0.15, -0.1) is 0 Å². The van der Waals surface area contributed by atoms with Crippen LogP contribution in [0.5, 0.6) is 0 Å². The number of carbonyl (C=O) groups is 2. The fourth-order valence-electron chi connectivity index (χ4n) is 3.38. The van der Waals surface area contributed by atoms with Crippen molar-refractivity contribution >= 4 is 12.0 Å². The van der Waals surface area contributed by atoms with Crippen molar-refractivity contribution in [2.45, 2.75) is 78.1 Å². The van der Waals surface area contributed by atoms with E-state index in [2.05, 4.69) is 6.07 Å². The minimum atomic E-state index is -0.606. The molecule has 1 aliphatic heterocycles. The molecule has 1 unspecified atom stereocenters. The molecule has 0 spiro atoms. The minimum Gasteiger partial charge on any atom is -0.444 e. The molecule has 1 saturated heterocycles. The van der Waals surface area contributed by atoms with Crippen LogP contribution in [0.25, 0.3) is 0 Å². The first-order valence-electron chi connectivity index (χ1n) is 9.92. The highest BCUT2D eigenvalue weighted by molar-refractivity contribution is 5.86. The standard InChI is InChI=1S/C22H31N3O3/c1-16(2)25(15-18-11-7-6-10-17(18)14-23)20(26)19-12-8-9-13-24(19)21(27)28-22(3,4)5/h6-7,10-11,16,19H,8-9,12-13,15H2,1-5H3. The van der Waals surface area contributed by atoms with Gasteiger partial charge in [0.05, 0.1) is 11.6 Å². The Balaban J connectivity index is 2.24. The van der Waals surface area contributed by atoms with Gasteiger partial charge in [-0.3, -0.25) is 9.69 Å². The number of rotatable bonds is 4. The minimum absolute atomic E-state index is 0.0540. The first-order chi connectivity index (χ1) is 13.1. The molecule has 1 fully saturated rings. The molecule has 2 amide bonds. The second kappa shape index (κ2) is 9.09. The number of piperidine rings is 1. The van der Waals surface area contributed by atoms with Gasteiger partial charge in [0.25, 0.3) is 0 Å². The highest BCUT2D eigenvalue weighted by atomic mass is 16.6. The molecule has 1 heterocycles. The van der Waals surface area contributed by atoms with E-state index in [1.807, 2.05) is 52.8 Å². The van der Waals surface area contributed by atoms with E-state index in [1.54, 1.807) is 15.9 Å². The predicted octanol–water partition coefficient (Wildman–Crippen LogP) is 4.08. The van der Waals surface area contributed by atoms with Crippen molar-refractivity contribution < 1.29 is 14.3 Å². The van der Waals surface area contributed by atoms with Gasteiger partial charge in [-0.25, -0.2) is 4.79 Å². The quantitative estimate of drug-likeness (QED) is 0.783. The lowest BCUT2D eigenvalue weighted by Gasteiger charge is -2.39. The van der Waals surface area contributed by atoms with Crippen LogP contribution in [0.1, 0.15) is 65.0 Å². The molecule has 0 radical (unpaired) electrons. The van der Waals surface area contributed by atoms with Crippen molar-refractivity contribution in [3.8, 4) is 6.07 Å². The zero-order valence-electron chi connectivity index (χ0n) is 17.6. The molecule has 0 saturated carbocycles. The number of hydrogen-bond acceptors (Lipinski definition) is 4. The number of hydrogen-bond donors (Lipinski definition) is 0. The highest BCUT2D eigenvalue weighted by Gasteiger charge is 2.37. The molecule has 1 aromatic rings. The summed E-state index contributed by atoms with van der Waals surface area (Å²) in [4.78, 5) is 29.4. The van der Waals surface area contributed by atoms with Crippen LogP contribution in [-0.4, -0.2) is 46.0 Å². The van der Waals surface area contributed by atoms with Crippen molar-refractivity contribution in [3.63, 3.8) is 0 Å². The van der Waals surface area contributed by atoms with Crippen molar-refractivity contribution in [2.24, 2.45) is 0 Å². The summed E-state index contributed by atoms with van der Waals surface area (Å²) in [6, 6.07) is 8.91. The summed E-state index contributed by atoms with van der Waals surface area (Å²) in [6.45, 7) is 10.2. The summed E-state index contributed by atoms with van der Waals surface area (Å²) >= 11 is 0. The first kappa shape index (κ1) is 21.7. The number of ether oxygens (including phenoxy) is 1. The van der Waals surface area contributed by atoms with Crippen LogP contribution in [0.4, 0.5) is 4.79 Å². The maximum absolute atomic E-state index is 13.4. The zero-order valence-corrected chi connectivity index (χ0v) is 17.6. The second-order valence-corrected chi connectivity index (χ2v) is 8.51. The zero-order chi connectivity index (χ0) is 20.9. The Morgan fingerprint density at radius 1 is 1.29 bits per heavy atom. The van der Waals surface area contributed by atoms with Gasteiger partial charge in [0.15, 0.2) is 0 Å². The fourth-order valence-corrected chi connectivity index (χ4v) is 3.38. The molecule has 28 heavy (non-hydrogen) atoms. The molecule has 1 atom stereocenters. The summed E-state index contributed by atoms with van der Waals surface area (Å²) in [5.41, 5.74) is 0.770. The molecule has 6 nitrogen and oxygen atoms in total.